The molecular weight excluding hydrogens is 292 g/mol. The van der Waals surface area contributed by atoms with Crippen molar-refractivity contribution in [1.82, 2.24) is 5.32 Å². The van der Waals surface area contributed by atoms with Crippen molar-refractivity contribution in [3.63, 3.8) is 0 Å². The average Bonchev–Trinajstić information content (AvgIpc) is 2.46. The summed E-state index contributed by atoms with van der Waals surface area (Å²) in [6.07, 6.45) is 0. The van der Waals surface area contributed by atoms with Gasteiger partial charge < -0.3 is 5.32 Å². The van der Waals surface area contributed by atoms with Crippen LogP contribution in [0.2, 0.25) is 5.02 Å². The van der Waals surface area contributed by atoms with Gasteiger partial charge in [0.05, 0.1) is 0 Å². The first-order chi connectivity index (χ1) is 9.87. The lowest BCUT2D eigenvalue weighted by Gasteiger charge is -2.35. The molecule has 0 fully saturated rings. The lowest BCUT2D eigenvalue weighted by molar-refractivity contribution is 0.366. The molecular formula is C17H18ClF2N. The van der Waals surface area contributed by atoms with E-state index in [0.717, 1.165) is 11.6 Å². The van der Waals surface area contributed by atoms with Crippen molar-refractivity contribution >= 4 is 11.6 Å². The van der Waals surface area contributed by atoms with Crippen LogP contribution in [0.5, 0.6) is 0 Å². The molecule has 0 aromatic heterocycles. The summed E-state index contributed by atoms with van der Waals surface area (Å²) in [5.74, 6) is -1.82. The molecule has 2 aromatic rings. The number of nitrogens with one attached hydrogen (secondary N) is 1. The number of halogens is 3. The minimum Gasteiger partial charge on any atom is -0.312 e. The van der Waals surface area contributed by atoms with Gasteiger partial charge >= 0.3 is 0 Å². The zero-order valence-electron chi connectivity index (χ0n) is 12.3. The fraction of sp³-hybridized carbons (Fsp3) is 0.294. The van der Waals surface area contributed by atoms with Crippen LogP contribution < -0.4 is 5.32 Å². The SMILES string of the molecule is CNC(c1cc(F)c(F)cc1Cl)C(C)(C)c1ccccc1. The molecule has 0 radical (unpaired) electrons. The summed E-state index contributed by atoms with van der Waals surface area (Å²) in [6.45, 7) is 4.09. The van der Waals surface area contributed by atoms with E-state index in [2.05, 4.69) is 5.32 Å². The number of likely N-dealkylation sites (N-methyl/N-ethyl adjacent to an activating group) is 1. The molecule has 112 valence electrons. The second-order valence-electron chi connectivity index (χ2n) is 5.60. The summed E-state index contributed by atoms with van der Waals surface area (Å²) in [7, 11) is 1.78. The monoisotopic (exact) mass is 309 g/mol. The Balaban J connectivity index is 2.51. The molecule has 0 saturated carbocycles. The Morgan fingerprint density at radius 3 is 2.19 bits per heavy atom. The van der Waals surface area contributed by atoms with Crippen molar-refractivity contribution in [1.29, 1.82) is 0 Å². The van der Waals surface area contributed by atoms with Crippen LogP contribution in [0.25, 0.3) is 0 Å². The molecule has 0 aliphatic rings. The van der Waals surface area contributed by atoms with Gasteiger partial charge in [0, 0.05) is 16.5 Å². The molecule has 0 amide bonds. The van der Waals surface area contributed by atoms with Gasteiger partial charge in [0.2, 0.25) is 0 Å². The van der Waals surface area contributed by atoms with Crippen LogP contribution in [0, 0.1) is 11.6 Å². The molecule has 4 heteroatoms. The van der Waals surface area contributed by atoms with Crippen LogP contribution in [0.1, 0.15) is 31.0 Å². The van der Waals surface area contributed by atoms with Crippen molar-refractivity contribution in [2.24, 2.45) is 0 Å². The Hall–Kier alpha value is -1.45. The molecule has 1 atom stereocenters. The van der Waals surface area contributed by atoms with Crippen molar-refractivity contribution in [3.8, 4) is 0 Å². The summed E-state index contributed by atoms with van der Waals surface area (Å²) < 4.78 is 26.9. The molecule has 2 aromatic carbocycles. The van der Waals surface area contributed by atoms with E-state index in [4.69, 9.17) is 11.6 Å². The van der Waals surface area contributed by atoms with Crippen LogP contribution in [0.15, 0.2) is 42.5 Å². The minimum atomic E-state index is -0.934. The van der Waals surface area contributed by atoms with Crippen molar-refractivity contribution in [2.75, 3.05) is 7.05 Å². The Morgan fingerprint density at radius 2 is 1.62 bits per heavy atom. The van der Waals surface area contributed by atoms with Gasteiger partial charge in [-0.1, -0.05) is 55.8 Å². The summed E-state index contributed by atoms with van der Waals surface area (Å²) in [6, 6.07) is 11.8. The molecule has 0 aliphatic heterocycles. The van der Waals surface area contributed by atoms with E-state index in [1.807, 2.05) is 44.2 Å². The quantitative estimate of drug-likeness (QED) is 0.796. The zero-order valence-corrected chi connectivity index (χ0v) is 13.0. The molecule has 21 heavy (non-hydrogen) atoms. The summed E-state index contributed by atoms with van der Waals surface area (Å²) >= 11 is 6.12. The Labute approximate surface area is 128 Å². The second-order valence-corrected chi connectivity index (χ2v) is 6.00. The molecule has 0 saturated heterocycles. The zero-order chi connectivity index (χ0) is 15.6. The Morgan fingerprint density at radius 1 is 1.05 bits per heavy atom. The maximum absolute atomic E-state index is 13.6. The smallest absolute Gasteiger partial charge is 0.160 e. The van der Waals surface area contributed by atoms with E-state index >= 15 is 0 Å². The number of rotatable bonds is 4. The van der Waals surface area contributed by atoms with E-state index in [-0.39, 0.29) is 16.5 Å². The topological polar surface area (TPSA) is 12.0 Å². The van der Waals surface area contributed by atoms with Crippen LogP contribution in [0.4, 0.5) is 8.78 Å². The number of hydrogen-bond acceptors (Lipinski definition) is 1. The van der Waals surface area contributed by atoms with Gasteiger partial charge in [0.15, 0.2) is 11.6 Å². The predicted octanol–water partition coefficient (Wildman–Crippen LogP) is 4.86. The average molecular weight is 310 g/mol. The van der Waals surface area contributed by atoms with Gasteiger partial charge in [-0.25, -0.2) is 8.78 Å². The normalized spacial score (nSPS) is 13.2. The molecule has 1 unspecified atom stereocenters. The maximum Gasteiger partial charge on any atom is 0.160 e. The van der Waals surface area contributed by atoms with Gasteiger partial charge in [-0.2, -0.15) is 0 Å². The molecule has 2 rings (SSSR count). The van der Waals surface area contributed by atoms with Crippen LogP contribution >= 0.6 is 11.6 Å². The van der Waals surface area contributed by atoms with Crippen molar-refractivity contribution in [3.05, 3.63) is 70.2 Å². The van der Waals surface area contributed by atoms with Gasteiger partial charge in [-0.3, -0.25) is 0 Å². The molecule has 0 spiro atoms. The molecule has 1 N–H and O–H groups in total. The van der Waals surface area contributed by atoms with E-state index < -0.39 is 11.6 Å². The predicted molar refractivity (Wildman–Crippen MR) is 82.6 cm³/mol. The number of hydrogen-bond donors (Lipinski definition) is 1. The van der Waals surface area contributed by atoms with E-state index in [1.54, 1.807) is 7.05 Å². The third-order valence-electron chi connectivity index (χ3n) is 3.88. The van der Waals surface area contributed by atoms with E-state index in [9.17, 15) is 8.78 Å². The molecule has 0 heterocycles. The van der Waals surface area contributed by atoms with Crippen LogP contribution in [-0.4, -0.2) is 7.05 Å². The molecule has 1 nitrogen and oxygen atoms in total. The third-order valence-corrected chi connectivity index (χ3v) is 4.21. The first-order valence-corrected chi connectivity index (χ1v) is 7.13. The fourth-order valence-corrected chi connectivity index (χ4v) is 2.96. The highest BCUT2D eigenvalue weighted by Crippen LogP contribution is 2.39. The Bertz CT molecular complexity index is 626. The summed E-state index contributed by atoms with van der Waals surface area (Å²) in [5, 5.41) is 3.39. The van der Waals surface area contributed by atoms with Gasteiger partial charge in [0.25, 0.3) is 0 Å². The van der Waals surface area contributed by atoms with Gasteiger partial charge in [-0.15, -0.1) is 0 Å². The molecule has 0 bridgehead atoms. The fourth-order valence-electron chi connectivity index (χ4n) is 2.70. The van der Waals surface area contributed by atoms with Crippen molar-refractivity contribution < 1.29 is 8.78 Å². The highest BCUT2D eigenvalue weighted by molar-refractivity contribution is 6.31. The highest BCUT2D eigenvalue weighted by atomic mass is 35.5. The number of benzene rings is 2. The highest BCUT2D eigenvalue weighted by Gasteiger charge is 2.33. The summed E-state index contributed by atoms with van der Waals surface area (Å²) in [5.41, 5.74) is 1.29. The van der Waals surface area contributed by atoms with Gasteiger partial charge in [-0.05, 0) is 30.3 Å². The minimum absolute atomic E-state index is 0.220. The van der Waals surface area contributed by atoms with E-state index in [1.165, 1.54) is 6.07 Å². The maximum atomic E-state index is 13.6. The lowest BCUT2D eigenvalue weighted by atomic mass is 9.75. The van der Waals surface area contributed by atoms with Crippen molar-refractivity contribution in [2.45, 2.75) is 25.3 Å². The first kappa shape index (κ1) is 15.9. The lowest BCUT2D eigenvalue weighted by Crippen LogP contribution is -2.35. The molecule has 0 aliphatic carbocycles. The summed E-state index contributed by atoms with van der Waals surface area (Å²) in [4.78, 5) is 0. The van der Waals surface area contributed by atoms with Crippen LogP contribution in [-0.2, 0) is 5.41 Å². The van der Waals surface area contributed by atoms with E-state index in [0.29, 0.717) is 5.56 Å². The standard InChI is InChI=1S/C17H18ClF2N/c1-17(2,11-7-5-4-6-8-11)16(21-3)12-9-14(19)15(20)10-13(12)18/h4-10,16,21H,1-3H3. The van der Waals surface area contributed by atoms with Crippen LogP contribution in [0.3, 0.4) is 0 Å². The third kappa shape index (κ3) is 3.09. The first-order valence-electron chi connectivity index (χ1n) is 6.75. The second kappa shape index (κ2) is 6.12. The Kier molecular flexibility index (Phi) is 4.64. The van der Waals surface area contributed by atoms with Gasteiger partial charge in [0.1, 0.15) is 0 Å². The largest absolute Gasteiger partial charge is 0.312 e.